The zero-order valence-electron chi connectivity index (χ0n) is 10.5. The van der Waals surface area contributed by atoms with Crippen LogP contribution >= 0.6 is 0 Å². The lowest BCUT2D eigenvalue weighted by Gasteiger charge is -2.28. The van der Waals surface area contributed by atoms with Gasteiger partial charge in [0.25, 0.3) is 0 Å². The number of allylic oxidation sites excluding steroid dienone is 1. The normalized spacial score (nSPS) is 60.1. The highest BCUT2D eigenvalue weighted by molar-refractivity contribution is 5.94. The van der Waals surface area contributed by atoms with Gasteiger partial charge in [-0.3, -0.25) is 4.79 Å². The van der Waals surface area contributed by atoms with E-state index in [0.717, 1.165) is 12.3 Å². The van der Waals surface area contributed by atoms with Crippen molar-refractivity contribution in [1.29, 1.82) is 0 Å². The van der Waals surface area contributed by atoms with Gasteiger partial charge in [0.1, 0.15) is 5.78 Å². The van der Waals surface area contributed by atoms with Gasteiger partial charge in [-0.05, 0) is 36.0 Å². The van der Waals surface area contributed by atoms with Crippen LogP contribution in [0.4, 0.5) is 0 Å². The fourth-order valence-corrected chi connectivity index (χ4v) is 6.02. The Morgan fingerprint density at radius 3 is 2.69 bits per heavy atom. The van der Waals surface area contributed by atoms with E-state index >= 15 is 0 Å². The lowest BCUT2D eigenvalue weighted by molar-refractivity contribution is -0.127. The highest BCUT2D eigenvalue weighted by Gasteiger charge is 2.90. The standard InChI is InChI=1S/C15H20O/c1-8-5-6-10-14(4)11(16)7-9-12(13(9,2)3)15(8,10)14/h9-10,12H,1,5-7H2,2-4H3/t9-,10?,12+,14?,15?/m0/s1. The maximum Gasteiger partial charge on any atom is 0.140 e. The van der Waals surface area contributed by atoms with Crippen LogP contribution in [0.25, 0.3) is 0 Å². The molecule has 0 aromatic rings. The number of rotatable bonds is 0. The van der Waals surface area contributed by atoms with Crippen LogP contribution in [-0.4, -0.2) is 5.78 Å². The first-order chi connectivity index (χ1) is 7.39. The molecular weight excluding hydrogens is 196 g/mol. The van der Waals surface area contributed by atoms with Crippen molar-refractivity contribution in [2.75, 3.05) is 0 Å². The van der Waals surface area contributed by atoms with Crippen molar-refractivity contribution in [3.63, 3.8) is 0 Å². The first-order valence-electron chi connectivity index (χ1n) is 6.61. The minimum absolute atomic E-state index is 0.00271. The van der Waals surface area contributed by atoms with Crippen molar-refractivity contribution in [1.82, 2.24) is 0 Å². The molecule has 0 saturated heterocycles. The molecule has 5 atom stereocenters. The molecule has 16 heavy (non-hydrogen) atoms. The fourth-order valence-electron chi connectivity index (χ4n) is 6.02. The lowest BCUT2D eigenvalue weighted by Crippen LogP contribution is -2.29. The first-order valence-corrected chi connectivity index (χ1v) is 6.61. The molecule has 0 N–H and O–H groups in total. The number of fused-ring (bicyclic) bond motifs is 2. The lowest BCUT2D eigenvalue weighted by atomic mass is 9.74. The Kier molecular flexibility index (Phi) is 1.22. The summed E-state index contributed by atoms with van der Waals surface area (Å²) in [5.74, 6) is 2.62. The molecule has 1 heteroatoms. The molecule has 0 aliphatic heterocycles. The summed E-state index contributed by atoms with van der Waals surface area (Å²) in [6.45, 7) is 11.3. The third kappa shape index (κ3) is 0.585. The van der Waals surface area contributed by atoms with E-state index in [1.54, 1.807) is 0 Å². The Morgan fingerprint density at radius 2 is 2.00 bits per heavy atom. The van der Waals surface area contributed by atoms with Crippen LogP contribution in [0.5, 0.6) is 0 Å². The monoisotopic (exact) mass is 216 g/mol. The molecule has 4 rings (SSSR count). The number of carbonyl (C=O) groups excluding carboxylic acids is 1. The quantitative estimate of drug-likeness (QED) is 0.568. The van der Waals surface area contributed by atoms with Gasteiger partial charge in [-0.2, -0.15) is 0 Å². The number of Topliss-reactive ketones (excluding diaryl/α,β-unsaturated/α-hetero) is 1. The van der Waals surface area contributed by atoms with Crippen LogP contribution < -0.4 is 0 Å². The van der Waals surface area contributed by atoms with E-state index in [1.807, 2.05) is 0 Å². The van der Waals surface area contributed by atoms with E-state index in [0.29, 0.717) is 23.0 Å². The molecule has 0 amide bonds. The second-order valence-electron chi connectivity index (χ2n) is 7.30. The van der Waals surface area contributed by atoms with Gasteiger partial charge >= 0.3 is 0 Å². The molecule has 4 aliphatic rings. The molecular formula is C15H20O. The number of ketones is 1. The molecule has 3 unspecified atom stereocenters. The van der Waals surface area contributed by atoms with E-state index in [-0.39, 0.29) is 10.8 Å². The van der Waals surface area contributed by atoms with Crippen LogP contribution in [-0.2, 0) is 4.79 Å². The molecule has 0 bridgehead atoms. The van der Waals surface area contributed by atoms with Crippen LogP contribution in [0.3, 0.4) is 0 Å². The highest BCUT2D eigenvalue weighted by Crippen LogP contribution is 2.92. The molecule has 4 saturated carbocycles. The number of hydrogen-bond acceptors (Lipinski definition) is 1. The largest absolute Gasteiger partial charge is 0.299 e. The first kappa shape index (κ1) is 9.44. The summed E-state index contributed by atoms with van der Waals surface area (Å²) in [5.41, 5.74) is 2.05. The van der Waals surface area contributed by atoms with Crippen LogP contribution in [0.15, 0.2) is 12.2 Å². The molecule has 0 aromatic carbocycles. The second kappa shape index (κ2) is 2.07. The van der Waals surface area contributed by atoms with E-state index in [9.17, 15) is 4.79 Å². The van der Waals surface area contributed by atoms with Crippen LogP contribution in [0.2, 0.25) is 0 Å². The second-order valence-corrected chi connectivity index (χ2v) is 7.30. The third-order valence-corrected chi connectivity index (χ3v) is 6.87. The SMILES string of the molecule is C=C1CCC2C3(C)C(=O)C[C@H]4[C@H](C4(C)C)C123. The van der Waals surface area contributed by atoms with Crippen molar-refractivity contribution < 1.29 is 4.79 Å². The van der Waals surface area contributed by atoms with Crippen molar-refractivity contribution in [3.05, 3.63) is 12.2 Å². The van der Waals surface area contributed by atoms with Gasteiger partial charge in [0.15, 0.2) is 0 Å². The van der Waals surface area contributed by atoms with E-state index in [4.69, 9.17) is 0 Å². The summed E-state index contributed by atoms with van der Waals surface area (Å²) in [6, 6.07) is 0. The van der Waals surface area contributed by atoms with E-state index in [2.05, 4.69) is 27.4 Å². The van der Waals surface area contributed by atoms with Gasteiger partial charge in [0, 0.05) is 17.3 Å². The van der Waals surface area contributed by atoms with E-state index < -0.39 is 0 Å². The molecule has 0 radical (unpaired) electrons. The van der Waals surface area contributed by atoms with Gasteiger partial charge in [-0.1, -0.05) is 32.9 Å². The van der Waals surface area contributed by atoms with Crippen molar-refractivity contribution in [2.45, 2.75) is 40.0 Å². The van der Waals surface area contributed by atoms with Gasteiger partial charge in [-0.25, -0.2) is 0 Å². The van der Waals surface area contributed by atoms with Gasteiger partial charge in [0.05, 0.1) is 0 Å². The van der Waals surface area contributed by atoms with E-state index in [1.165, 1.54) is 18.4 Å². The smallest absolute Gasteiger partial charge is 0.140 e. The van der Waals surface area contributed by atoms with Crippen molar-refractivity contribution in [2.24, 2.45) is 34.0 Å². The minimum atomic E-state index is -0.00271. The molecule has 4 fully saturated rings. The molecule has 4 aliphatic carbocycles. The molecule has 0 aromatic heterocycles. The van der Waals surface area contributed by atoms with Gasteiger partial charge in [-0.15, -0.1) is 0 Å². The maximum atomic E-state index is 12.4. The summed E-state index contributed by atoms with van der Waals surface area (Å²) in [4.78, 5) is 12.4. The Hall–Kier alpha value is -0.590. The minimum Gasteiger partial charge on any atom is -0.299 e. The Bertz CT molecular complexity index is 444. The average molecular weight is 216 g/mol. The fraction of sp³-hybridized carbons (Fsp3) is 0.800. The zero-order valence-corrected chi connectivity index (χ0v) is 10.5. The summed E-state index contributed by atoms with van der Waals surface area (Å²) < 4.78 is 0. The predicted octanol–water partition coefficient (Wildman–Crippen LogP) is 3.20. The topological polar surface area (TPSA) is 17.1 Å². The summed E-state index contributed by atoms with van der Waals surface area (Å²) >= 11 is 0. The maximum absolute atomic E-state index is 12.4. The number of carbonyl (C=O) groups is 1. The number of hydrogen-bond donors (Lipinski definition) is 0. The molecule has 1 spiro atoms. The predicted molar refractivity (Wildman–Crippen MR) is 62.8 cm³/mol. The highest BCUT2D eigenvalue weighted by atomic mass is 16.1. The Balaban J connectivity index is 1.91. The summed E-state index contributed by atoms with van der Waals surface area (Å²) in [5, 5.41) is 0. The van der Waals surface area contributed by atoms with Gasteiger partial charge in [0.2, 0.25) is 0 Å². The Morgan fingerprint density at radius 1 is 1.31 bits per heavy atom. The van der Waals surface area contributed by atoms with Crippen molar-refractivity contribution in [3.8, 4) is 0 Å². The Labute approximate surface area is 97.3 Å². The van der Waals surface area contributed by atoms with Gasteiger partial charge < -0.3 is 0 Å². The van der Waals surface area contributed by atoms with Crippen LogP contribution in [0.1, 0.15) is 40.0 Å². The third-order valence-electron chi connectivity index (χ3n) is 6.87. The average Bonchev–Trinajstić information content (AvgIpc) is 2.86. The summed E-state index contributed by atoms with van der Waals surface area (Å²) in [6.07, 6.45) is 3.24. The molecule has 86 valence electrons. The zero-order chi connectivity index (χ0) is 11.5. The van der Waals surface area contributed by atoms with Crippen molar-refractivity contribution >= 4 is 5.78 Å². The summed E-state index contributed by atoms with van der Waals surface area (Å²) in [7, 11) is 0. The molecule has 1 nitrogen and oxygen atoms in total. The molecule has 0 heterocycles. The van der Waals surface area contributed by atoms with Crippen LogP contribution in [0, 0.1) is 34.0 Å².